The number of hydrogen-bond acceptors (Lipinski definition) is 3. The molecule has 0 spiro atoms. The molecule has 3 nitrogen and oxygen atoms in total. The van der Waals surface area contributed by atoms with Crippen molar-refractivity contribution in [2.45, 2.75) is 6.42 Å². The van der Waals surface area contributed by atoms with Crippen LogP contribution in [-0.4, -0.2) is 43.4 Å². The van der Waals surface area contributed by atoms with Crippen molar-refractivity contribution in [2.24, 2.45) is 0 Å². The Bertz CT molecular complexity index is 307. The number of aliphatic hydroxyl groups is 1. The van der Waals surface area contributed by atoms with Crippen LogP contribution in [0.1, 0.15) is 6.42 Å². The van der Waals surface area contributed by atoms with Crippen molar-refractivity contribution < 1.29 is 9.84 Å². The number of ether oxygens (including phenoxy) is 1. The molecule has 0 aliphatic heterocycles. The second-order valence-electron chi connectivity index (χ2n) is 3.69. The Morgan fingerprint density at radius 3 is 2.88 bits per heavy atom. The summed E-state index contributed by atoms with van der Waals surface area (Å²) in [5.74, 6) is 0.794. The van der Waals surface area contributed by atoms with Crippen LogP contribution >= 0.6 is 11.6 Å². The van der Waals surface area contributed by atoms with Gasteiger partial charge in [0.15, 0.2) is 0 Å². The van der Waals surface area contributed by atoms with Crippen molar-refractivity contribution in [1.29, 1.82) is 0 Å². The zero-order valence-electron chi connectivity index (χ0n) is 9.53. The lowest BCUT2D eigenvalue weighted by Gasteiger charge is -2.16. The first-order chi connectivity index (χ1) is 7.72. The van der Waals surface area contributed by atoms with Gasteiger partial charge < -0.3 is 14.7 Å². The molecule has 4 heteroatoms. The average molecular weight is 244 g/mol. The van der Waals surface area contributed by atoms with Gasteiger partial charge in [-0.2, -0.15) is 0 Å². The molecule has 0 heterocycles. The highest BCUT2D eigenvalue weighted by Crippen LogP contribution is 2.16. The van der Waals surface area contributed by atoms with Gasteiger partial charge >= 0.3 is 0 Å². The number of rotatable bonds is 7. The summed E-state index contributed by atoms with van der Waals surface area (Å²) < 4.78 is 5.55. The van der Waals surface area contributed by atoms with Crippen LogP contribution < -0.4 is 4.74 Å². The molecule has 1 aromatic rings. The molecule has 1 N–H and O–H groups in total. The van der Waals surface area contributed by atoms with Gasteiger partial charge in [-0.1, -0.05) is 17.7 Å². The first kappa shape index (κ1) is 13.3. The predicted molar refractivity (Wildman–Crippen MR) is 66.1 cm³/mol. The molecule has 1 aromatic carbocycles. The fraction of sp³-hybridized carbons (Fsp3) is 0.500. The lowest BCUT2D eigenvalue weighted by molar-refractivity contribution is 0.213. The van der Waals surface area contributed by atoms with E-state index >= 15 is 0 Å². The fourth-order valence-corrected chi connectivity index (χ4v) is 1.51. The third-order valence-corrected chi connectivity index (χ3v) is 2.47. The Kier molecular flexibility index (Phi) is 6.23. The van der Waals surface area contributed by atoms with Gasteiger partial charge in [0.1, 0.15) is 12.4 Å². The van der Waals surface area contributed by atoms with Crippen molar-refractivity contribution in [3.63, 3.8) is 0 Å². The zero-order valence-corrected chi connectivity index (χ0v) is 10.3. The fourth-order valence-electron chi connectivity index (χ4n) is 1.33. The molecule has 0 aliphatic rings. The molecule has 0 radical (unpaired) electrons. The summed E-state index contributed by atoms with van der Waals surface area (Å²) in [6, 6.07) is 7.38. The van der Waals surface area contributed by atoms with E-state index in [1.807, 2.05) is 25.2 Å². The van der Waals surface area contributed by atoms with E-state index < -0.39 is 0 Å². The molecule has 90 valence electrons. The van der Waals surface area contributed by atoms with Gasteiger partial charge in [0.05, 0.1) is 0 Å². The Hall–Kier alpha value is -0.770. The van der Waals surface area contributed by atoms with E-state index in [1.54, 1.807) is 6.07 Å². The van der Waals surface area contributed by atoms with Gasteiger partial charge in [0.25, 0.3) is 0 Å². The van der Waals surface area contributed by atoms with Crippen molar-refractivity contribution in [2.75, 3.05) is 33.4 Å². The summed E-state index contributed by atoms with van der Waals surface area (Å²) in [6.07, 6.45) is 0.799. The number of halogens is 1. The van der Waals surface area contributed by atoms with Crippen LogP contribution in [0.4, 0.5) is 0 Å². The maximum absolute atomic E-state index is 8.68. The van der Waals surface area contributed by atoms with Gasteiger partial charge in [-0.05, 0) is 31.7 Å². The van der Waals surface area contributed by atoms with Crippen molar-refractivity contribution in [3.8, 4) is 5.75 Å². The topological polar surface area (TPSA) is 32.7 Å². The summed E-state index contributed by atoms with van der Waals surface area (Å²) >= 11 is 5.84. The molecule has 0 unspecified atom stereocenters. The van der Waals surface area contributed by atoms with Crippen LogP contribution in [0.5, 0.6) is 5.75 Å². The largest absolute Gasteiger partial charge is 0.492 e. The van der Waals surface area contributed by atoms with E-state index in [1.165, 1.54) is 0 Å². The van der Waals surface area contributed by atoms with E-state index in [-0.39, 0.29) is 6.61 Å². The summed E-state index contributed by atoms with van der Waals surface area (Å²) in [7, 11) is 2.01. The van der Waals surface area contributed by atoms with E-state index in [2.05, 4.69) is 4.90 Å². The summed E-state index contributed by atoms with van der Waals surface area (Å²) in [5.41, 5.74) is 0. The first-order valence-corrected chi connectivity index (χ1v) is 5.78. The van der Waals surface area contributed by atoms with Crippen LogP contribution in [0.15, 0.2) is 24.3 Å². The van der Waals surface area contributed by atoms with Gasteiger partial charge in [-0.3, -0.25) is 0 Å². The Balaban J connectivity index is 2.20. The van der Waals surface area contributed by atoms with Crippen molar-refractivity contribution >= 4 is 11.6 Å². The molecular weight excluding hydrogens is 226 g/mol. The molecule has 0 aliphatic carbocycles. The summed E-state index contributed by atoms with van der Waals surface area (Å²) in [5, 5.41) is 9.36. The number of nitrogens with zero attached hydrogens (tertiary/aromatic N) is 1. The maximum atomic E-state index is 8.68. The SMILES string of the molecule is CN(CCCO)CCOc1cccc(Cl)c1. The molecular formula is C12H18ClNO2. The minimum Gasteiger partial charge on any atom is -0.492 e. The molecule has 0 amide bonds. The standard InChI is InChI=1S/C12H18ClNO2/c1-14(6-3-8-15)7-9-16-12-5-2-4-11(13)10-12/h2,4-5,10,15H,3,6-9H2,1H3. The van der Waals surface area contributed by atoms with E-state index in [4.69, 9.17) is 21.4 Å². The van der Waals surface area contributed by atoms with Crippen LogP contribution in [0.25, 0.3) is 0 Å². The molecule has 0 saturated heterocycles. The maximum Gasteiger partial charge on any atom is 0.120 e. The highest BCUT2D eigenvalue weighted by Gasteiger charge is 1.99. The second-order valence-corrected chi connectivity index (χ2v) is 4.12. The number of hydrogen-bond donors (Lipinski definition) is 1. The lowest BCUT2D eigenvalue weighted by atomic mass is 10.3. The Morgan fingerprint density at radius 2 is 2.19 bits per heavy atom. The van der Waals surface area contributed by atoms with Crippen molar-refractivity contribution in [3.05, 3.63) is 29.3 Å². The van der Waals surface area contributed by atoms with Gasteiger partial charge in [-0.25, -0.2) is 0 Å². The highest BCUT2D eigenvalue weighted by molar-refractivity contribution is 6.30. The number of likely N-dealkylation sites (N-methyl/N-ethyl adjacent to an activating group) is 1. The van der Waals surface area contributed by atoms with Crippen LogP contribution in [0.3, 0.4) is 0 Å². The minimum absolute atomic E-state index is 0.236. The first-order valence-electron chi connectivity index (χ1n) is 5.40. The number of aliphatic hydroxyl groups excluding tert-OH is 1. The Labute approximate surface area is 102 Å². The lowest BCUT2D eigenvalue weighted by Crippen LogP contribution is -2.25. The molecule has 0 saturated carbocycles. The zero-order chi connectivity index (χ0) is 11.8. The van der Waals surface area contributed by atoms with E-state index in [9.17, 15) is 0 Å². The summed E-state index contributed by atoms with van der Waals surface area (Å²) in [6.45, 7) is 2.59. The molecule has 1 rings (SSSR count). The normalized spacial score (nSPS) is 10.8. The second kappa shape index (κ2) is 7.49. The molecule has 0 fully saturated rings. The molecule has 0 atom stereocenters. The molecule has 0 aromatic heterocycles. The quantitative estimate of drug-likeness (QED) is 0.796. The third kappa shape index (κ3) is 5.35. The smallest absolute Gasteiger partial charge is 0.120 e. The third-order valence-electron chi connectivity index (χ3n) is 2.24. The summed E-state index contributed by atoms with van der Waals surface area (Å²) in [4.78, 5) is 2.13. The van der Waals surface area contributed by atoms with Crippen molar-refractivity contribution in [1.82, 2.24) is 4.90 Å². The van der Waals surface area contributed by atoms with Gasteiger partial charge in [-0.15, -0.1) is 0 Å². The Morgan fingerprint density at radius 1 is 1.38 bits per heavy atom. The van der Waals surface area contributed by atoms with Gasteiger partial charge in [0.2, 0.25) is 0 Å². The van der Waals surface area contributed by atoms with Crippen LogP contribution in [-0.2, 0) is 0 Å². The van der Waals surface area contributed by atoms with Crippen LogP contribution in [0.2, 0.25) is 5.02 Å². The average Bonchev–Trinajstić information content (AvgIpc) is 2.26. The van der Waals surface area contributed by atoms with E-state index in [0.29, 0.717) is 11.6 Å². The monoisotopic (exact) mass is 243 g/mol. The molecule has 16 heavy (non-hydrogen) atoms. The number of benzene rings is 1. The van der Waals surface area contributed by atoms with Gasteiger partial charge in [0, 0.05) is 24.7 Å². The predicted octanol–water partition coefficient (Wildman–Crippen LogP) is 2.03. The van der Waals surface area contributed by atoms with E-state index in [0.717, 1.165) is 25.3 Å². The minimum atomic E-state index is 0.236. The highest BCUT2D eigenvalue weighted by atomic mass is 35.5. The van der Waals surface area contributed by atoms with Crippen LogP contribution in [0, 0.1) is 0 Å². The molecule has 0 bridgehead atoms.